The summed E-state index contributed by atoms with van der Waals surface area (Å²) >= 11 is 0. The number of carbonyl (C=O) groups is 1. The monoisotopic (exact) mass is 362 g/mol. The molecule has 2 aromatic rings. The van der Waals surface area contributed by atoms with Gasteiger partial charge in [0, 0.05) is 24.8 Å². The maximum absolute atomic E-state index is 12.6. The summed E-state index contributed by atoms with van der Waals surface area (Å²) < 4.78 is 21.4. The van der Waals surface area contributed by atoms with Crippen LogP contribution in [0.25, 0.3) is 11.3 Å². The van der Waals surface area contributed by atoms with Crippen LogP contribution in [0.3, 0.4) is 0 Å². The highest BCUT2D eigenvalue weighted by molar-refractivity contribution is 6.00. The van der Waals surface area contributed by atoms with E-state index in [1.54, 1.807) is 39.3 Å². The Hall–Kier alpha value is -2.54. The zero-order chi connectivity index (χ0) is 19.1. The Balaban J connectivity index is 2.17. The van der Waals surface area contributed by atoms with Crippen molar-refractivity contribution in [2.45, 2.75) is 33.3 Å². The van der Waals surface area contributed by atoms with Crippen molar-refractivity contribution in [2.75, 3.05) is 27.4 Å². The van der Waals surface area contributed by atoms with E-state index in [-0.39, 0.29) is 12.0 Å². The number of hydrogen-bond donors (Lipinski definition) is 1. The molecule has 1 amide bonds. The van der Waals surface area contributed by atoms with Crippen molar-refractivity contribution in [2.24, 2.45) is 0 Å². The van der Waals surface area contributed by atoms with Gasteiger partial charge in [0.25, 0.3) is 5.91 Å². The number of aromatic nitrogens is 1. The van der Waals surface area contributed by atoms with Crippen LogP contribution in [0.5, 0.6) is 11.5 Å². The number of methoxy groups -OCH3 is 2. The fraction of sp³-hybridized carbons (Fsp3) is 0.474. The summed E-state index contributed by atoms with van der Waals surface area (Å²) in [4.78, 5) is 12.6. The highest BCUT2D eigenvalue weighted by atomic mass is 16.5. The minimum atomic E-state index is -0.231. The van der Waals surface area contributed by atoms with E-state index >= 15 is 0 Å². The van der Waals surface area contributed by atoms with Gasteiger partial charge >= 0.3 is 0 Å². The molecule has 0 saturated carbocycles. The third-order valence-electron chi connectivity index (χ3n) is 3.76. The molecule has 0 saturated heterocycles. The molecule has 0 fully saturated rings. The van der Waals surface area contributed by atoms with E-state index in [4.69, 9.17) is 18.7 Å². The lowest BCUT2D eigenvalue weighted by atomic mass is 10.1. The van der Waals surface area contributed by atoms with E-state index in [0.717, 1.165) is 6.42 Å². The lowest BCUT2D eigenvalue weighted by Gasteiger charge is -2.09. The van der Waals surface area contributed by atoms with Crippen LogP contribution in [-0.2, 0) is 4.74 Å². The Morgan fingerprint density at radius 1 is 1.19 bits per heavy atom. The molecule has 1 aromatic heterocycles. The van der Waals surface area contributed by atoms with E-state index in [0.29, 0.717) is 47.2 Å². The second-order valence-corrected chi connectivity index (χ2v) is 6.10. The lowest BCUT2D eigenvalue weighted by Crippen LogP contribution is -2.26. The number of hydrogen-bond acceptors (Lipinski definition) is 6. The smallest absolute Gasteiger partial charge is 0.257 e. The number of rotatable bonds is 9. The highest BCUT2D eigenvalue weighted by Crippen LogP contribution is 2.32. The Kier molecular flexibility index (Phi) is 7.03. The maximum Gasteiger partial charge on any atom is 0.257 e. The molecule has 0 spiro atoms. The highest BCUT2D eigenvalue weighted by Gasteiger charge is 2.22. The minimum absolute atomic E-state index is 0.181. The molecule has 1 aromatic carbocycles. The number of benzene rings is 1. The number of amides is 1. The summed E-state index contributed by atoms with van der Waals surface area (Å²) in [6, 6.07) is 5.30. The zero-order valence-corrected chi connectivity index (χ0v) is 15.9. The third kappa shape index (κ3) is 4.98. The van der Waals surface area contributed by atoms with Crippen LogP contribution in [0.2, 0.25) is 0 Å². The summed E-state index contributed by atoms with van der Waals surface area (Å²) in [6.45, 7) is 6.81. The molecule has 0 atom stereocenters. The Morgan fingerprint density at radius 2 is 1.85 bits per heavy atom. The third-order valence-corrected chi connectivity index (χ3v) is 3.76. The molecule has 2 rings (SSSR count). The quantitative estimate of drug-likeness (QED) is 0.690. The lowest BCUT2D eigenvalue weighted by molar-refractivity contribution is 0.0757. The molecule has 0 unspecified atom stereocenters. The largest absolute Gasteiger partial charge is 0.497 e. The summed E-state index contributed by atoms with van der Waals surface area (Å²) in [7, 11) is 3.13. The van der Waals surface area contributed by atoms with Gasteiger partial charge in [0.05, 0.1) is 26.0 Å². The first kappa shape index (κ1) is 19.8. The average molecular weight is 362 g/mol. The molecule has 26 heavy (non-hydrogen) atoms. The van der Waals surface area contributed by atoms with E-state index < -0.39 is 0 Å². The second-order valence-electron chi connectivity index (χ2n) is 6.10. The van der Waals surface area contributed by atoms with Crippen molar-refractivity contribution in [1.29, 1.82) is 0 Å². The van der Waals surface area contributed by atoms with Crippen LogP contribution in [0.1, 0.15) is 36.3 Å². The van der Waals surface area contributed by atoms with Crippen LogP contribution in [-0.4, -0.2) is 44.5 Å². The van der Waals surface area contributed by atoms with E-state index in [2.05, 4.69) is 10.5 Å². The Morgan fingerprint density at radius 3 is 2.42 bits per heavy atom. The van der Waals surface area contributed by atoms with Crippen molar-refractivity contribution < 1.29 is 23.5 Å². The van der Waals surface area contributed by atoms with Gasteiger partial charge in [-0.15, -0.1) is 0 Å². The van der Waals surface area contributed by atoms with Crippen LogP contribution in [0, 0.1) is 6.92 Å². The molecule has 0 aliphatic heterocycles. The van der Waals surface area contributed by atoms with Crippen molar-refractivity contribution in [3.63, 3.8) is 0 Å². The number of carbonyl (C=O) groups excluding carboxylic acids is 1. The number of ether oxygens (including phenoxy) is 3. The molecular weight excluding hydrogens is 336 g/mol. The Bertz CT molecular complexity index is 717. The first-order valence-corrected chi connectivity index (χ1v) is 8.55. The number of nitrogens with zero attached hydrogens (tertiary/aromatic N) is 1. The number of nitrogens with one attached hydrogen (secondary N) is 1. The normalized spacial score (nSPS) is 10.8. The van der Waals surface area contributed by atoms with Gasteiger partial charge < -0.3 is 24.1 Å². The van der Waals surface area contributed by atoms with E-state index in [9.17, 15) is 4.79 Å². The standard InChI is InChI=1S/C19H26N2O5/c1-12(2)25-8-6-7-20-19(22)17-13(3)21-26-18(17)14-9-15(23-4)11-16(10-14)24-5/h9-12H,6-8H2,1-5H3,(H,20,22). The van der Waals surface area contributed by atoms with Crippen molar-refractivity contribution in [1.82, 2.24) is 10.5 Å². The van der Waals surface area contributed by atoms with Gasteiger partial charge in [0.15, 0.2) is 5.76 Å². The molecule has 7 nitrogen and oxygen atoms in total. The Labute approximate surface area is 153 Å². The predicted molar refractivity (Wildman–Crippen MR) is 97.8 cm³/mol. The first-order chi connectivity index (χ1) is 12.5. The molecule has 0 bridgehead atoms. The van der Waals surface area contributed by atoms with Gasteiger partial charge in [-0.25, -0.2) is 0 Å². The van der Waals surface area contributed by atoms with E-state index in [1.165, 1.54) is 0 Å². The first-order valence-electron chi connectivity index (χ1n) is 8.55. The van der Waals surface area contributed by atoms with Crippen LogP contribution in [0.15, 0.2) is 22.7 Å². The summed E-state index contributed by atoms with van der Waals surface area (Å²) in [5.74, 6) is 1.36. The second kappa shape index (κ2) is 9.24. The van der Waals surface area contributed by atoms with Crippen molar-refractivity contribution >= 4 is 5.91 Å². The maximum atomic E-state index is 12.6. The van der Waals surface area contributed by atoms with Gasteiger partial charge in [-0.2, -0.15) is 0 Å². The molecule has 142 valence electrons. The van der Waals surface area contributed by atoms with Gasteiger partial charge in [0.1, 0.15) is 17.1 Å². The zero-order valence-electron chi connectivity index (χ0n) is 15.9. The van der Waals surface area contributed by atoms with Gasteiger partial charge in [0.2, 0.25) is 0 Å². The van der Waals surface area contributed by atoms with Gasteiger partial charge in [-0.3, -0.25) is 4.79 Å². The molecule has 0 radical (unpaired) electrons. The molecule has 1 heterocycles. The van der Waals surface area contributed by atoms with Gasteiger partial charge in [-0.05, 0) is 39.3 Å². The van der Waals surface area contributed by atoms with Crippen LogP contribution in [0.4, 0.5) is 0 Å². The fourth-order valence-corrected chi connectivity index (χ4v) is 2.45. The van der Waals surface area contributed by atoms with Crippen molar-refractivity contribution in [3.05, 3.63) is 29.5 Å². The average Bonchev–Trinajstić information content (AvgIpc) is 3.02. The van der Waals surface area contributed by atoms with Crippen molar-refractivity contribution in [3.8, 4) is 22.8 Å². The molecular formula is C19H26N2O5. The predicted octanol–water partition coefficient (Wildman–Crippen LogP) is 3.21. The topological polar surface area (TPSA) is 82.8 Å². The molecule has 7 heteroatoms. The summed E-state index contributed by atoms with van der Waals surface area (Å²) in [6.07, 6.45) is 0.914. The van der Waals surface area contributed by atoms with E-state index in [1.807, 2.05) is 13.8 Å². The van der Waals surface area contributed by atoms with Gasteiger partial charge in [-0.1, -0.05) is 5.16 Å². The SMILES string of the molecule is COc1cc(OC)cc(-c2onc(C)c2C(=O)NCCCOC(C)C)c1. The van der Waals surface area contributed by atoms with Crippen LogP contribution >= 0.6 is 0 Å². The summed E-state index contributed by atoms with van der Waals surface area (Å²) in [5.41, 5.74) is 1.60. The number of aryl methyl sites for hydroxylation is 1. The van der Waals surface area contributed by atoms with Crippen LogP contribution < -0.4 is 14.8 Å². The minimum Gasteiger partial charge on any atom is -0.497 e. The molecule has 0 aliphatic rings. The summed E-state index contributed by atoms with van der Waals surface area (Å²) in [5, 5.41) is 6.84. The fourth-order valence-electron chi connectivity index (χ4n) is 2.45. The molecule has 1 N–H and O–H groups in total. The molecule has 0 aliphatic carbocycles.